The molecule has 2 aromatic carbocycles. The van der Waals surface area contributed by atoms with Gasteiger partial charge in [-0.3, -0.25) is 19.9 Å². The molecule has 0 unspecified atom stereocenters. The predicted molar refractivity (Wildman–Crippen MR) is 117 cm³/mol. The van der Waals surface area contributed by atoms with E-state index in [0.29, 0.717) is 13.0 Å². The van der Waals surface area contributed by atoms with E-state index in [2.05, 4.69) is 29.0 Å². The van der Waals surface area contributed by atoms with E-state index in [1.807, 2.05) is 44.2 Å². The number of benzene rings is 2. The highest BCUT2D eigenvalue weighted by molar-refractivity contribution is 5.39. The number of aliphatic hydroxyl groups is 1. The summed E-state index contributed by atoms with van der Waals surface area (Å²) in [6.07, 6.45) is 1.21. The molecule has 29 heavy (non-hydrogen) atoms. The van der Waals surface area contributed by atoms with E-state index in [4.69, 9.17) is 0 Å². The van der Waals surface area contributed by atoms with Gasteiger partial charge in [-0.2, -0.15) is 0 Å². The molecule has 0 amide bonds. The third-order valence-corrected chi connectivity index (χ3v) is 5.32. The Kier molecular flexibility index (Phi) is 9.25. The number of likely N-dealkylation sites (tertiary alicyclic amines) is 1. The van der Waals surface area contributed by atoms with E-state index in [1.54, 1.807) is 12.1 Å². The summed E-state index contributed by atoms with van der Waals surface area (Å²) in [6.45, 7) is 7.18. The molecule has 1 heterocycles. The van der Waals surface area contributed by atoms with Crippen LogP contribution in [-0.4, -0.2) is 59.2 Å². The molecule has 6 nitrogen and oxygen atoms in total. The van der Waals surface area contributed by atoms with Crippen molar-refractivity contribution < 1.29 is 10.0 Å². The van der Waals surface area contributed by atoms with Gasteiger partial charge in [0.05, 0.1) is 11.0 Å². The van der Waals surface area contributed by atoms with Crippen LogP contribution in [0.5, 0.6) is 0 Å². The molecule has 0 aliphatic carbocycles. The highest BCUT2D eigenvalue weighted by atomic mass is 16.6. The van der Waals surface area contributed by atoms with Crippen LogP contribution in [-0.2, 0) is 6.42 Å². The van der Waals surface area contributed by atoms with Crippen LogP contribution in [0, 0.1) is 10.1 Å². The molecule has 1 saturated heterocycles. The molecule has 3 rings (SSSR count). The summed E-state index contributed by atoms with van der Waals surface area (Å²) >= 11 is 0. The van der Waals surface area contributed by atoms with Crippen molar-refractivity contribution in [3.63, 3.8) is 0 Å². The summed E-state index contributed by atoms with van der Waals surface area (Å²) in [4.78, 5) is 15.5. The summed E-state index contributed by atoms with van der Waals surface area (Å²) in [5.74, 6) is 0. The van der Waals surface area contributed by atoms with Crippen molar-refractivity contribution >= 4 is 5.69 Å². The maximum absolute atomic E-state index is 11.2. The minimum Gasteiger partial charge on any atom is -0.392 e. The van der Waals surface area contributed by atoms with Crippen LogP contribution in [0.3, 0.4) is 0 Å². The van der Waals surface area contributed by atoms with Gasteiger partial charge in [-0.25, -0.2) is 0 Å². The Balaban J connectivity index is 0.00000145. The molecule has 2 aromatic rings. The molecule has 0 saturated carbocycles. The summed E-state index contributed by atoms with van der Waals surface area (Å²) in [6, 6.07) is 17.5. The fourth-order valence-electron chi connectivity index (χ4n) is 3.75. The van der Waals surface area contributed by atoms with Crippen molar-refractivity contribution in [2.75, 3.05) is 33.2 Å². The van der Waals surface area contributed by atoms with Crippen molar-refractivity contribution in [2.24, 2.45) is 0 Å². The van der Waals surface area contributed by atoms with Crippen molar-refractivity contribution in [3.8, 4) is 0 Å². The fourth-order valence-corrected chi connectivity index (χ4v) is 3.75. The Morgan fingerprint density at radius 1 is 1.17 bits per heavy atom. The number of hydrogen-bond acceptors (Lipinski definition) is 5. The molecular formula is C23H33N3O3. The Morgan fingerprint density at radius 3 is 2.45 bits per heavy atom. The number of nitro groups is 1. The second kappa shape index (κ2) is 11.7. The van der Waals surface area contributed by atoms with Crippen LogP contribution in [0.4, 0.5) is 5.69 Å². The first kappa shape index (κ1) is 23.0. The molecule has 1 aliphatic rings. The van der Waals surface area contributed by atoms with E-state index in [0.717, 1.165) is 31.6 Å². The molecule has 1 fully saturated rings. The van der Waals surface area contributed by atoms with Gasteiger partial charge in [0.15, 0.2) is 0 Å². The minimum atomic E-state index is -0.310. The lowest BCUT2D eigenvalue weighted by molar-refractivity contribution is -0.385. The number of aliphatic hydroxyl groups excluding tert-OH is 1. The summed E-state index contributed by atoms with van der Waals surface area (Å²) < 4.78 is 0. The summed E-state index contributed by atoms with van der Waals surface area (Å²) in [5.41, 5.74) is 2.17. The highest BCUT2D eigenvalue weighted by Crippen LogP contribution is 2.24. The van der Waals surface area contributed by atoms with Crippen molar-refractivity contribution in [1.82, 2.24) is 9.80 Å². The lowest BCUT2D eigenvalue weighted by Gasteiger charge is -2.32. The number of rotatable bonds is 8. The van der Waals surface area contributed by atoms with Crippen molar-refractivity contribution in [3.05, 3.63) is 75.8 Å². The first-order valence-corrected chi connectivity index (χ1v) is 10.4. The molecule has 0 radical (unpaired) electrons. The number of para-hydroxylation sites is 1. The van der Waals surface area contributed by atoms with Crippen LogP contribution in [0.15, 0.2) is 54.6 Å². The van der Waals surface area contributed by atoms with Gasteiger partial charge in [0.2, 0.25) is 0 Å². The second-order valence-corrected chi connectivity index (χ2v) is 7.24. The van der Waals surface area contributed by atoms with Gasteiger partial charge in [-0.1, -0.05) is 62.4 Å². The maximum Gasteiger partial charge on any atom is 0.272 e. The smallest absolute Gasteiger partial charge is 0.272 e. The SMILES string of the molecule is CC.CN(CCc1ccccc1[N+](=O)[O-])[C@H](CN1CC[C@H](O)C1)c1ccccc1. The molecule has 1 N–H and O–H groups in total. The first-order chi connectivity index (χ1) is 14.0. The zero-order chi connectivity index (χ0) is 21.2. The lowest BCUT2D eigenvalue weighted by Crippen LogP contribution is -2.36. The quantitative estimate of drug-likeness (QED) is 0.538. The van der Waals surface area contributed by atoms with E-state index < -0.39 is 0 Å². The van der Waals surface area contributed by atoms with E-state index in [9.17, 15) is 15.2 Å². The highest BCUT2D eigenvalue weighted by Gasteiger charge is 2.26. The number of nitrogens with zero attached hydrogens (tertiary/aromatic N) is 3. The van der Waals surface area contributed by atoms with Crippen LogP contribution < -0.4 is 0 Å². The second-order valence-electron chi connectivity index (χ2n) is 7.24. The first-order valence-electron chi connectivity index (χ1n) is 10.4. The van der Waals surface area contributed by atoms with Crippen LogP contribution in [0.1, 0.15) is 37.4 Å². The summed E-state index contributed by atoms with van der Waals surface area (Å²) in [7, 11) is 2.07. The normalized spacial score (nSPS) is 17.6. The molecule has 0 aromatic heterocycles. The van der Waals surface area contributed by atoms with E-state index in [1.165, 1.54) is 5.56 Å². The largest absolute Gasteiger partial charge is 0.392 e. The molecule has 158 valence electrons. The van der Waals surface area contributed by atoms with Gasteiger partial charge >= 0.3 is 0 Å². The van der Waals surface area contributed by atoms with Crippen LogP contribution >= 0.6 is 0 Å². The summed E-state index contributed by atoms with van der Waals surface area (Å²) in [5, 5.41) is 21.1. The molecule has 1 aliphatic heterocycles. The zero-order valence-corrected chi connectivity index (χ0v) is 17.7. The minimum absolute atomic E-state index is 0.180. The van der Waals surface area contributed by atoms with E-state index in [-0.39, 0.29) is 22.8 Å². The van der Waals surface area contributed by atoms with Crippen molar-refractivity contribution in [2.45, 2.75) is 38.8 Å². The van der Waals surface area contributed by atoms with Crippen molar-refractivity contribution in [1.29, 1.82) is 0 Å². The average molecular weight is 400 g/mol. The number of nitro benzene ring substituents is 1. The molecule has 6 heteroatoms. The number of likely N-dealkylation sites (N-methyl/N-ethyl adjacent to an activating group) is 1. The third kappa shape index (κ3) is 6.63. The molecule has 2 atom stereocenters. The molecule has 0 bridgehead atoms. The average Bonchev–Trinajstić information content (AvgIpc) is 3.17. The number of hydrogen-bond donors (Lipinski definition) is 1. The van der Waals surface area contributed by atoms with E-state index >= 15 is 0 Å². The topological polar surface area (TPSA) is 69.8 Å². The van der Waals surface area contributed by atoms with Gasteiger partial charge in [-0.05, 0) is 25.5 Å². The monoisotopic (exact) mass is 399 g/mol. The molecular weight excluding hydrogens is 366 g/mol. The van der Waals surface area contributed by atoms with Gasteiger partial charge in [0.1, 0.15) is 0 Å². The Labute approximate surface area is 173 Å². The van der Waals surface area contributed by atoms with Gasteiger partial charge in [0.25, 0.3) is 5.69 Å². The Bertz CT molecular complexity index is 754. The predicted octanol–water partition coefficient (Wildman–Crippen LogP) is 3.90. The van der Waals surface area contributed by atoms with Gasteiger partial charge in [0, 0.05) is 43.9 Å². The standard InChI is InChI=1S/C21H27N3O3.C2H6/c1-22(13-11-18-9-5-6-10-20(18)24(26)27)21(17-7-3-2-4-8-17)16-23-14-12-19(25)15-23;1-2/h2-10,19,21,25H,11-16H2,1H3;1-2H3/t19-,21+;/m0./s1. The maximum atomic E-state index is 11.2. The van der Waals surface area contributed by atoms with Gasteiger partial charge < -0.3 is 5.11 Å². The third-order valence-electron chi connectivity index (χ3n) is 5.32. The number of β-amino-alcohol motifs (C(OH)–C–C–N with tert-alkyl or cyclic N) is 1. The van der Waals surface area contributed by atoms with Crippen LogP contribution in [0.25, 0.3) is 0 Å². The zero-order valence-electron chi connectivity index (χ0n) is 17.7. The van der Waals surface area contributed by atoms with Crippen LogP contribution in [0.2, 0.25) is 0 Å². The lowest BCUT2D eigenvalue weighted by atomic mass is 10.0. The molecule has 0 spiro atoms. The Morgan fingerprint density at radius 2 is 1.83 bits per heavy atom. The Hall–Kier alpha value is -2.28. The fraction of sp³-hybridized carbons (Fsp3) is 0.478. The van der Waals surface area contributed by atoms with Gasteiger partial charge in [-0.15, -0.1) is 0 Å².